The molecule has 1 heterocycles. The summed E-state index contributed by atoms with van der Waals surface area (Å²) < 4.78 is 14.3. The minimum absolute atomic E-state index is 0.0395. The van der Waals surface area contributed by atoms with Gasteiger partial charge in [0.05, 0.1) is 11.6 Å². The maximum atomic E-state index is 13.7. The number of anilines is 1. The topological polar surface area (TPSA) is 37.4 Å². The Balaban J connectivity index is 2.29. The summed E-state index contributed by atoms with van der Waals surface area (Å²) in [4.78, 5) is 23.9. The minimum Gasteiger partial charge on any atom is -0.309 e. The van der Waals surface area contributed by atoms with E-state index in [0.717, 1.165) is 0 Å². The van der Waals surface area contributed by atoms with Crippen LogP contribution in [0.2, 0.25) is 0 Å². The molecule has 2 rings (SSSR count). The van der Waals surface area contributed by atoms with Gasteiger partial charge < -0.3 is 4.90 Å². The number of nitrogens with zero attached hydrogens (tertiary/aromatic N) is 1. The zero-order chi connectivity index (χ0) is 12.6. The van der Waals surface area contributed by atoms with Crippen molar-refractivity contribution in [3.05, 3.63) is 28.5 Å². The summed E-state index contributed by atoms with van der Waals surface area (Å²) in [6.07, 6.45) is 0.0395. The number of hydrogen-bond acceptors (Lipinski definition) is 2. The van der Waals surface area contributed by atoms with E-state index >= 15 is 0 Å². The van der Waals surface area contributed by atoms with Crippen molar-refractivity contribution in [2.45, 2.75) is 6.42 Å². The van der Waals surface area contributed by atoms with E-state index in [4.69, 9.17) is 11.6 Å². The quantitative estimate of drug-likeness (QED) is 0.786. The van der Waals surface area contributed by atoms with Gasteiger partial charge in [-0.1, -0.05) is 15.9 Å². The van der Waals surface area contributed by atoms with Gasteiger partial charge in [0, 0.05) is 17.4 Å². The van der Waals surface area contributed by atoms with Crippen molar-refractivity contribution in [2.75, 3.05) is 11.4 Å². The Morgan fingerprint density at radius 2 is 2.24 bits per heavy atom. The van der Waals surface area contributed by atoms with Crippen LogP contribution in [0.3, 0.4) is 0 Å². The molecule has 0 aromatic heterocycles. The Kier molecular flexibility index (Phi) is 3.49. The number of rotatable bonds is 2. The molecular weight excluding hydrogens is 312 g/mol. The van der Waals surface area contributed by atoms with Gasteiger partial charge >= 0.3 is 0 Å². The average Bonchev–Trinajstić information content (AvgIpc) is 2.61. The fourth-order valence-corrected chi connectivity index (χ4v) is 2.27. The first-order valence-corrected chi connectivity index (χ1v) is 6.11. The van der Waals surface area contributed by atoms with Crippen molar-refractivity contribution in [1.29, 1.82) is 0 Å². The van der Waals surface area contributed by atoms with Gasteiger partial charge in [-0.15, -0.1) is 0 Å². The van der Waals surface area contributed by atoms with Gasteiger partial charge in [-0.2, -0.15) is 0 Å². The second-order valence-corrected chi connectivity index (χ2v) is 5.09. The predicted octanol–water partition coefficient (Wildman–Crippen LogP) is 2.71. The second-order valence-electron chi connectivity index (χ2n) is 3.81. The van der Waals surface area contributed by atoms with Gasteiger partial charge in [0.25, 0.3) is 0 Å². The van der Waals surface area contributed by atoms with Crippen LogP contribution in [0.5, 0.6) is 0 Å². The molecule has 1 saturated heterocycles. The van der Waals surface area contributed by atoms with E-state index in [-0.39, 0.29) is 24.6 Å². The summed E-state index contributed by atoms with van der Waals surface area (Å²) in [7, 11) is 0. The minimum atomic E-state index is -0.557. The number of benzene rings is 1. The van der Waals surface area contributed by atoms with E-state index in [0.29, 0.717) is 4.47 Å². The summed E-state index contributed by atoms with van der Waals surface area (Å²) in [5.74, 6) is -1.34. The third-order valence-corrected chi connectivity index (χ3v) is 3.45. The van der Waals surface area contributed by atoms with Gasteiger partial charge in [0.2, 0.25) is 11.1 Å². The van der Waals surface area contributed by atoms with Crippen LogP contribution in [0.25, 0.3) is 0 Å². The van der Waals surface area contributed by atoms with Crippen molar-refractivity contribution in [1.82, 2.24) is 0 Å². The lowest BCUT2D eigenvalue weighted by Crippen LogP contribution is -2.26. The Bertz CT molecular complexity index is 494. The van der Waals surface area contributed by atoms with Gasteiger partial charge in [0.15, 0.2) is 0 Å². The predicted molar refractivity (Wildman–Crippen MR) is 65.4 cm³/mol. The first kappa shape index (κ1) is 12.5. The van der Waals surface area contributed by atoms with E-state index in [9.17, 15) is 14.0 Å². The van der Waals surface area contributed by atoms with E-state index < -0.39 is 17.0 Å². The fraction of sp³-hybridized carbons (Fsp3) is 0.273. The van der Waals surface area contributed by atoms with Gasteiger partial charge in [0.1, 0.15) is 5.82 Å². The Labute approximate surface area is 111 Å². The van der Waals surface area contributed by atoms with E-state index in [2.05, 4.69) is 15.9 Å². The SMILES string of the molecule is O=C(Cl)[C@H]1CC(=O)N(c2ccc(Br)cc2F)C1. The second kappa shape index (κ2) is 4.74. The largest absolute Gasteiger partial charge is 0.309 e. The maximum Gasteiger partial charge on any atom is 0.227 e. The molecule has 0 radical (unpaired) electrons. The number of amides is 1. The molecule has 6 heteroatoms. The van der Waals surface area contributed by atoms with E-state index in [1.165, 1.54) is 17.0 Å². The van der Waals surface area contributed by atoms with Crippen LogP contribution in [0.15, 0.2) is 22.7 Å². The van der Waals surface area contributed by atoms with Crippen LogP contribution in [0.4, 0.5) is 10.1 Å². The maximum absolute atomic E-state index is 13.7. The zero-order valence-corrected chi connectivity index (χ0v) is 11.0. The summed E-state index contributed by atoms with van der Waals surface area (Å²) in [5.41, 5.74) is 0.179. The van der Waals surface area contributed by atoms with Gasteiger partial charge in [-0.05, 0) is 29.8 Å². The van der Waals surface area contributed by atoms with Gasteiger partial charge in [-0.3, -0.25) is 9.59 Å². The highest BCUT2D eigenvalue weighted by Crippen LogP contribution is 2.29. The molecule has 0 aliphatic carbocycles. The Morgan fingerprint density at radius 1 is 1.53 bits per heavy atom. The number of carbonyl (C=O) groups excluding carboxylic acids is 2. The number of halogens is 3. The van der Waals surface area contributed by atoms with Crippen LogP contribution in [-0.4, -0.2) is 17.7 Å². The lowest BCUT2D eigenvalue weighted by atomic mass is 10.1. The van der Waals surface area contributed by atoms with Crippen molar-refractivity contribution in [3.8, 4) is 0 Å². The molecule has 0 unspecified atom stereocenters. The molecule has 1 atom stereocenters. The van der Waals surface area contributed by atoms with Gasteiger partial charge in [-0.25, -0.2) is 4.39 Å². The Morgan fingerprint density at radius 3 is 2.76 bits per heavy atom. The van der Waals surface area contributed by atoms with Crippen molar-refractivity contribution in [3.63, 3.8) is 0 Å². The fourth-order valence-electron chi connectivity index (χ4n) is 1.79. The monoisotopic (exact) mass is 319 g/mol. The number of carbonyl (C=O) groups is 2. The smallest absolute Gasteiger partial charge is 0.227 e. The van der Waals surface area contributed by atoms with Crippen molar-refractivity contribution < 1.29 is 14.0 Å². The molecule has 1 aliphatic rings. The molecular formula is C11H8BrClFNO2. The highest BCUT2D eigenvalue weighted by atomic mass is 79.9. The van der Waals surface area contributed by atoms with Crippen molar-refractivity contribution in [2.24, 2.45) is 5.92 Å². The van der Waals surface area contributed by atoms with Crippen LogP contribution < -0.4 is 4.90 Å². The van der Waals surface area contributed by atoms with E-state index in [1.807, 2.05) is 0 Å². The first-order chi connectivity index (χ1) is 7.99. The molecule has 0 saturated carbocycles. The summed E-state index contributed by atoms with van der Waals surface area (Å²) in [5, 5.41) is -0.557. The molecule has 1 aliphatic heterocycles. The molecule has 1 amide bonds. The van der Waals surface area contributed by atoms with Crippen LogP contribution in [0.1, 0.15) is 6.42 Å². The summed E-state index contributed by atoms with van der Waals surface area (Å²) in [6.45, 7) is 0.139. The molecule has 1 fully saturated rings. The van der Waals surface area contributed by atoms with Crippen LogP contribution >= 0.6 is 27.5 Å². The van der Waals surface area contributed by atoms with Crippen LogP contribution in [0, 0.1) is 11.7 Å². The third kappa shape index (κ3) is 2.50. The molecule has 1 aromatic carbocycles. The molecule has 90 valence electrons. The lowest BCUT2D eigenvalue weighted by molar-refractivity contribution is -0.120. The first-order valence-electron chi connectivity index (χ1n) is 4.94. The molecule has 1 aromatic rings. The summed E-state index contributed by atoms with van der Waals surface area (Å²) in [6, 6.07) is 4.42. The molecule has 0 N–H and O–H groups in total. The highest BCUT2D eigenvalue weighted by molar-refractivity contribution is 9.10. The normalized spacial score (nSPS) is 19.8. The standard InChI is InChI=1S/C11H8BrClFNO2/c12-7-1-2-9(8(14)4-7)15-5-6(11(13)17)3-10(15)16/h1-2,4,6H,3,5H2/t6-/m0/s1. The lowest BCUT2D eigenvalue weighted by Gasteiger charge is -2.16. The Hall–Kier alpha value is -0.940. The molecule has 17 heavy (non-hydrogen) atoms. The highest BCUT2D eigenvalue weighted by Gasteiger charge is 2.35. The number of hydrogen-bond donors (Lipinski definition) is 0. The van der Waals surface area contributed by atoms with Crippen molar-refractivity contribution >= 4 is 44.4 Å². The van der Waals surface area contributed by atoms with E-state index in [1.54, 1.807) is 6.07 Å². The molecule has 0 spiro atoms. The average molecular weight is 321 g/mol. The summed E-state index contributed by atoms with van der Waals surface area (Å²) >= 11 is 8.48. The van der Waals surface area contributed by atoms with Crippen LogP contribution in [-0.2, 0) is 9.59 Å². The zero-order valence-electron chi connectivity index (χ0n) is 8.62. The third-order valence-electron chi connectivity index (χ3n) is 2.65. The molecule has 3 nitrogen and oxygen atoms in total. The molecule has 0 bridgehead atoms.